The summed E-state index contributed by atoms with van der Waals surface area (Å²) in [5, 5.41) is 9.91. The average molecular weight is 257 g/mol. The number of ether oxygens (including phenoxy) is 1. The van der Waals surface area contributed by atoms with E-state index in [-0.39, 0.29) is 5.91 Å². The first-order chi connectivity index (χ1) is 9.25. The number of anilines is 1. The molecule has 1 aromatic carbocycles. The van der Waals surface area contributed by atoms with Gasteiger partial charge in [0.05, 0.1) is 13.2 Å². The van der Waals surface area contributed by atoms with Crippen LogP contribution in [0, 0.1) is 6.92 Å². The van der Waals surface area contributed by atoms with E-state index in [1.807, 2.05) is 31.2 Å². The molecule has 0 atom stereocenters. The molecular weight excluding hydrogens is 242 g/mol. The normalized spacial score (nSPS) is 13.9. The Morgan fingerprint density at radius 3 is 3.11 bits per heavy atom. The van der Waals surface area contributed by atoms with Crippen molar-refractivity contribution in [1.29, 1.82) is 0 Å². The number of fused-ring (bicyclic) bond motifs is 1. The molecule has 1 aromatic heterocycles. The van der Waals surface area contributed by atoms with Crippen molar-refractivity contribution in [2.45, 2.75) is 20.0 Å². The Morgan fingerprint density at radius 1 is 1.42 bits per heavy atom. The van der Waals surface area contributed by atoms with Gasteiger partial charge in [-0.25, -0.2) is 0 Å². The van der Waals surface area contributed by atoms with Gasteiger partial charge in [-0.15, -0.1) is 0 Å². The highest BCUT2D eigenvalue weighted by molar-refractivity contribution is 6.04. The lowest BCUT2D eigenvalue weighted by atomic mass is 10.1. The van der Waals surface area contributed by atoms with Gasteiger partial charge in [0.1, 0.15) is 0 Å². The van der Waals surface area contributed by atoms with Crippen LogP contribution in [0.1, 0.15) is 27.3 Å². The lowest BCUT2D eigenvalue weighted by molar-refractivity contribution is 0.0985. The molecule has 1 aliphatic heterocycles. The van der Waals surface area contributed by atoms with Crippen molar-refractivity contribution in [3.05, 3.63) is 46.8 Å². The van der Waals surface area contributed by atoms with Crippen LogP contribution in [0.3, 0.4) is 0 Å². The largest absolute Gasteiger partial charge is 0.376 e. The maximum Gasteiger partial charge on any atom is 0.276 e. The molecule has 0 saturated carbocycles. The summed E-state index contributed by atoms with van der Waals surface area (Å²) < 4.78 is 5.38. The summed E-state index contributed by atoms with van der Waals surface area (Å²) >= 11 is 0. The zero-order valence-electron chi connectivity index (χ0n) is 10.7. The zero-order valence-corrected chi connectivity index (χ0v) is 10.7. The van der Waals surface area contributed by atoms with Gasteiger partial charge in [-0.3, -0.25) is 9.89 Å². The number of para-hydroxylation sites is 1. The van der Waals surface area contributed by atoms with Crippen LogP contribution in [-0.4, -0.2) is 22.7 Å². The Kier molecular flexibility index (Phi) is 3.05. The topological polar surface area (TPSA) is 67.0 Å². The minimum atomic E-state index is -0.197. The van der Waals surface area contributed by atoms with Crippen LogP contribution in [0.4, 0.5) is 5.69 Å². The van der Waals surface area contributed by atoms with Gasteiger partial charge < -0.3 is 10.1 Å². The molecular formula is C14H15N3O2. The number of aromatic nitrogens is 2. The summed E-state index contributed by atoms with van der Waals surface area (Å²) in [6.45, 7) is 3.08. The molecule has 1 amide bonds. The van der Waals surface area contributed by atoms with Gasteiger partial charge in [0.15, 0.2) is 5.69 Å². The molecule has 0 fully saturated rings. The maximum atomic E-state index is 12.3. The number of hydrogen-bond donors (Lipinski definition) is 2. The number of nitrogens with one attached hydrogen (secondary N) is 2. The summed E-state index contributed by atoms with van der Waals surface area (Å²) in [5.41, 5.74) is 4.13. The lowest BCUT2D eigenvalue weighted by Gasteiger charge is -2.12. The molecule has 5 heteroatoms. The number of hydrogen-bond acceptors (Lipinski definition) is 3. The van der Waals surface area contributed by atoms with Gasteiger partial charge in [-0.05, 0) is 18.6 Å². The number of nitrogens with zero attached hydrogens (tertiary/aromatic N) is 1. The first-order valence-electron chi connectivity index (χ1n) is 6.26. The quantitative estimate of drug-likeness (QED) is 0.865. The van der Waals surface area contributed by atoms with Crippen molar-refractivity contribution < 1.29 is 9.53 Å². The number of H-pyrrole nitrogens is 1. The Balaban J connectivity index is 1.85. The van der Waals surface area contributed by atoms with Crippen molar-refractivity contribution in [3.8, 4) is 0 Å². The molecule has 5 nitrogen and oxygen atoms in total. The van der Waals surface area contributed by atoms with Crippen LogP contribution >= 0.6 is 0 Å². The summed E-state index contributed by atoms with van der Waals surface area (Å²) in [6, 6.07) is 7.67. The SMILES string of the molecule is Cc1ccccc1NC(=O)c1n[nH]c2c1COCC2. The van der Waals surface area contributed by atoms with Crippen molar-refractivity contribution >= 4 is 11.6 Å². The molecule has 19 heavy (non-hydrogen) atoms. The zero-order chi connectivity index (χ0) is 13.2. The van der Waals surface area contributed by atoms with E-state index in [0.29, 0.717) is 18.9 Å². The fraction of sp³-hybridized carbons (Fsp3) is 0.286. The van der Waals surface area contributed by atoms with E-state index in [0.717, 1.165) is 28.9 Å². The maximum absolute atomic E-state index is 12.3. The lowest BCUT2D eigenvalue weighted by Crippen LogP contribution is -2.17. The molecule has 0 radical (unpaired) electrons. The van der Waals surface area contributed by atoms with Gasteiger partial charge in [-0.1, -0.05) is 18.2 Å². The molecule has 0 saturated heterocycles. The smallest absolute Gasteiger partial charge is 0.276 e. The molecule has 2 heterocycles. The third kappa shape index (κ3) is 2.24. The number of carbonyl (C=O) groups excluding carboxylic acids is 1. The third-order valence-electron chi connectivity index (χ3n) is 3.30. The molecule has 2 aromatic rings. The summed E-state index contributed by atoms with van der Waals surface area (Å²) in [7, 11) is 0. The molecule has 2 N–H and O–H groups in total. The highest BCUT2D eigenvalue weighted by Gasteiger charge is 2.22. The fourth-order valence-electron chi connectivity index (χ4n) is 2.19. The number of benzene rings is 1. The van der Waals surface area contributed by atoms with Gasteiger partial charge in [0.25, 0.3) is 5.91 Å². The van der Waals surface area contributed by atoms with E-state index in [1.54, 1.807) is 0 Å². The van der Waals surface area contributed by atoms with Crippen LogP contribution in [0.5, 0.6) is 0 Å². The minimum absolute atomic E-state index is 0.197. The van der Waals surface area contributed by atoms with E-state index in [4.69, 9.17) is 4.74 Å². The van der Waals surface area contributed by atoms with Gasteiger partial charge >= 0.3 is 0 Å². The van der Waals surface area contributed by atoms with Crippen LogP contribution in [0.2, 0.25) is 0 Å². The summed E-state index contributed by atoms with van der Waals surface area (Å²) in [4.78, 5) is 12.3. The van der Waals surface area contributed by atoms with Gasteiger partial charge in [-0.2, -0.15) is 5.10 Å². The van der Waals surface area contributed by atoms with Crippen molar-refractivity contribution in [3.63, 3.8) is 0 Å². The molecule has 0 unspecified atom stereocenters. The van der Waals surface area contributed by atoms with Crippen LogP contribution in [0.25, 0.3) is 0 Å². The van der Waals surface area contributed by atoms with E-state index in [1.165, 1.54) is 0 Å². The second kappa shape index (κ2) is 4.85. The molecule has 1 aliphatic rings. The molecule has 98 valence electrons. The highest BCUT2D eigenvalue weighted by atomic mass is 16.5. The first-order valence-corrected chi connectivity index (χ1v) is 6.26. The predicted octanol–water partition coefficient (Wildman–Crippen LogP) is 2.04. The van der Waals surface area contributed by atoms with E-state index >= 15 is 0 Å². The summed E-state index contributed by atoms with van der Waals surface area (Å²) in [5.74, 6) is -0.197. The molecule has 0 spiro atoms. The van der Waals surface area contributed by atoms with Crippen LogP contribution < -0.4 is 5.32 Å². The second-order valence-corrected chi connectivity index (χ2v) is 4.60. The van der Waals surface area contributed by atoms with E-state index in [2.05, 4.69) is 15.5 Å². The third-order valence-corrected chi connectivity index (χ3v) is 3.30. The van der Waals surface area contributed by atoms with E-state index < -0.39 is 0 Å². The predicted molar refractivity (Wildman–Crippen MR) is 71.1 cm³/mol. The fourth-order valence-corrected chi connectivity index (χ4v) is 2.19. The number of amides is 1. The minimum Gasteiger partial charge on any atom is -0.376 e. The number of aromatic amines is 1. The Morgan fingerprint density at radius 2 is 2.26 bits per heavy atom. The van der Waals surface area contributed by atoms with Gasteiger partial charge in [0, 0.05) is 23.4 Å². The molecule has 0 aliphatic carbocycles. The Bertz CT molecular complexity index is 619. The second-order valence-electron chi connectivity index (χ2n) is 4.60. The number of rotatable bonds is 2. The van der Waals surface area contributed by atoms with Crippen LogP contribution in [-0.2, 0) is 17.8 Å². The number of aryl methyl sites for hydroxylation is 1. The van der Waals surface area contributed by atoms with Crippen molar-refractivity contribution in [2.24, 2.45) is 0 Å². The molecule has 0 bridgehead atoms. The van der Waals surface area contributed by atoms with Crippen molar-refractivity contribution in [2.75, 3.05) is 11.9 Å². The van der Waals surface area contributed by atoms with Crippen LogP contribution in [0.15, 0.2) is 24.3 Å². The Labute approximate surface area is 111 Å². The first kappa shape index (κ1) is 11.9. The highest BCUT2D eigenvalue weighted by Crippen LogP contribution is 2.20. The molecule has 3 rings (SSSR count). The van der Waals surface area contributed by atoms with Crippen molar-refractivity contribution in [1.82, 2.24) is 10.2 Å². The number of carbonyl (C=O) groups is 1. The monoisotopic (exact) mass is 257 g/mol. The standard InChI is InChI=1S/C14H15N3O2/c1-9-4-2-3-5-11(9)15-14(18)13-10-8-19-7-6-12(10)16-17-13/h2-5H,6-8H2,1H3,(H,15,18)(H,16,17). The Hall–Kier alpha value is -2.14. The summed E-state index contributed by atoms with van der Waals surface area (Å²) in [6.07, 6.45) is 0.778. The van der Waals surface area contributed by atoms with Gasteiger partial charge in [0.2, 0.25) is 0 Å². The van der Waals surface area contributed by atoms with E-state index in [9.17, 15) is 4.79 Å². The average Bonchev–Trinajstić information content (AvgIpc) is 2.85.